The number of hydrogen-bond acceptors (Lipinski definition) is 1. The fourth-order valence-corrected chi connectivity index (χ4v) is 5.19. The van der Waals surface area contributed by atoms with Crippen LogP contribution in [-0.2, 0) is 5.41 Å². The first kappa shape index (κ1) is 21.8. The monoisotopic (exact) mass is 390 g/mol. The lowest BCUT2D eigenvalue weighted by Crippen LogP contribution is -2.31. The number of hydrogen-bond donors (Lipinski definition) is 0. The molecule has 0 aromatic heterocycles. The third-order valence-corrected chi connectivity index (χ3v) is 6.85. The molecule has 1 nitrogen and oxygen atoms in total. The Morgan fingerprint density at radius 3 is 2.10 bits per heavy atom. The minimum atomic E-state index is 0.186. The smallest absolute Gasteiger partial charge is 0.193 e. The second-order valence-corrected chi connectivity index (χ2v) is 8.95. The van der Waals surface area contributed by atoms with Gasteiger partial charge in [-0.1, -0.05) is 126 Å². The number of carbonyl (C=O) groups is 1. The molecule has 0 amide bonds. The van der Waals surface area contributed by atoms with Crippen LogP contribution in [0.25, 0.3) is 0 Å². The highest BCUT2D eigenvalue weighted by Gasteiger charge is 2.36. The normalized spacial score (nSPS) is 15.9. The summed E-state index contributed by atoms with van der Waals surface area (Å²) in [5.74, 6) is 0.186. The molecule has 0 unspecified atom stereocenters. The van der Waals surface area contributed by atoms with Gasteiger partial charge in [0.05, 0.1) is 0 Å². The molecule has 1 aliphatic carbocycles. The van der Waals surface area contributed by atoms with Gasteiger partial charge in [-0.2, -0.15) is 0 Å². The zero-order chi connectivity index (χ0) is 20.4. The second-order valence-electron chi connectivity index (χ2n) is 8.95. The minimum absolute atomic E-state index is 0.186. The van der Waals surface area contributed by atoms with E-state index in [1.54, 1.807) is 0 Å². The van der Waals surface area contributed by atoms with Crippen molar-refractivity contribution in [3.05, 3.63) is 71.3 Å². The Kier molecular flexibility index (Phi) is 8.52. The van der Waals surface area contributed by atoms with Crippen LogP contribution in [0.15, 0.2) is 54.6 Å². The lowest BCUT2D eigenvalue weighted by atomic mass is 9.65. The number of unbranched alkanes of at least 4 members (excludes halogenated alkanes) is 6. The molecule has 3 rings (SSSR count). The lowest BCUT2D eigenvalue weighted by Gasteiger charge is -2.39. The Bertz CT molecular complexity index is 740. The van der Waals surface area contributed by atoms with Crippen LogP contribution in [0.2, 0.25) is 0 Å². The van der Waals surface area contributed by atoms with Gasteiger partial charge in [-0.05, 0) is 30.2 Å². The minimum Gasteiger partial charge on any atom is -0.289 e. The Morgan fingerprint density at radius 2 is 1.38 bits per heavy atom. The van der Waals surface area contributed by atoms with Crippen molar-refractivity contribution in [2.45, 2.75) is 95.8 Å². The molecule has 156 valence electrons. The van der Waals surface area contributed by atoms with Crippen molar-refractivity contribution >= 4 is 5.78 Å². The maximum Gasteiger partial charge on any atom is 0.193 e. The van der Waals surface area contributed by atoms with Gasteiger partial charge in [0.25, 0.3) is 0 Å². The van der Waals surface area contributed by atoms with E-state index >= 15 is 0 Å². The van der Waals surface area contributed by atoms with E-state index in [0.717, 1.165) is 11.1 Å². The topological polar surface area (TPSA) is 17.1 Å². The average molecular weight is 391 g/mol. The van der Waals surface area contributed by atoms with Crippen LogP contribution < -0.4 is 0 Å². The summed E-state index contributed by atoms with van der Waals surface area (Å²) in [6, 6.07) is 18.3. The highest BCUT2D eigenvalue weighted by molar-refractivity contribution is 6.10. The number of carbonyl (C=O) groups excluding carboxylic acids is 1. The fourth-order valence-electron chi connectivity index (χ4n) is 5.19. The van der Waals surface area contributed by atoms with Crippen molar-refractivity contribution in [2.24, 2.45) is 0 Å². The molecule has 1 heteroatoms. The van der Waals surface area contributed by atoms with Gasteiger partial charge in [0, 0.05) is 11.1 Å². The number of benzene rings is 2. The quantitative estimate of drug-likeness (QED) is 0.279. The van der Waals surface area contributed by atoms with Crippen molar-refractivity contribution in [1.82, 2.24) is 0 Å². The van der Waals surface area contributed by atoms with Gasteiger partial charge in [-0.3, -0.25) is 4.79 Å². The van der Waals surface area contributed by atoms with Crippen molar-refractivity contribution < 1.29 is 4.79 Å². The molecule has 0 heterocycles. The fraction of sp³-hybridized carbons (Fsp3) is 0.536. The number of ketones is 1. The zero-order valence-corrected chi connectivity index (χ0v) is 18.3. The van der Waals surface area contributed by atoms with E-state index in [2.05, 4.69) is 25.1 Å². The maximum atomic E-state index is 13.3. The Morgan fingerprint density at radius 1 is 0.759 bits per heavy atom. The molecule has 29 heavy (non-hydrogen) atoms. The molecule has 0 bridgehead atoms. The van der Waals surface area contributed by atoms with E-state index in [1.165, 1.54) is 89.0 Å². The summed E-state index contributed by atoms with van der Waals surface area (Å²) < 4.78 is 0. The summed E-state index contributed by atoms with van der Waals surface area (Å²) in [7, 11) is 0. The van der Waals surface area contributed by atoms with Gasteiger partial charge >= 0.3 is 0 Å². The molecule has 0 atom stereocenters. The summed E-state index contributed by atoms with van der Waals surface area (Å²) in [5, 5.41) is 0. The van der Waals surface area contributed by atoms with E-state index in [1.807, 2.05) is 36.4 Å². The SMILES string of the molecule is CCCCCCCCCC1(c2ccccc2C(=O)c2ccccc2)CCCCC1. The predicted molar refractivity (Wildman–Crippen MR) is 124 cm³/mol. The second kappa shape index (κ2) is 11.3. The average Bonchev–Trinajstić information content (AvgIpc) is 2.79. The van der Waals surface area contributed by atoms with E-state index in [9.17, 15) is 4.79 Å². The molecule has 0 saturated heterocycles. The highest BCUT2D eigenvalue weighted by Crippen LogP contribution is 2.45. The molecule has 0 aliphatic heterocycles. The predicted octanol–water partition coefficient (Wildman–Crippen LogP) is 8.26. The first-order valence-corrected chi connectivity index (χ1v) is 12.0. The van der Waals surface area contributed by atoms with Gasteiger partial charge < -0.3 is 0 Å². The molecule has 2 aromatic carbocycles. The van der Waals surface area contributed by atoms with Crippen LogP contribution in [0.4, 0.5) is 0 Å². The first-order valence-electron chi connectivity index (χ1n) is 12.0. The van der Waals surface area contributed by atoms with Crippen molar-refractivity contribution in [1.29, 1.82) is 0 Å². The van der Waals surface area contributed by atoms with Gasteiger partial charge in [0.15, 0.2) is 5.78 Å². The van der Waals surface area contributed by atoms with Crippen LogP contribution in [-0.4, -0.2) is 5.78 Å². The van der Waals surface area contributed by atoms with Gasteiger partial charge in [-0.15, -0.1) is 0 Å². The van der Waals surface area contributed by atoms with Crippen LogP contribution in [0, 0.1) is 0 Å². The standard InChI is InChI=1S/C28H38O/c1-2-3-4-5-6-7-14-21-28(22-15-9-16-23-28)26-20-13-12-19-25(26)27(29)24-17-10-8-11-18-24/h8,10-13,17-20H,2-7,9,14-16,21-23H2,1H3. The van der Waals surface area contributed by atoms with Crippen LogP contribution >= 0.6 is 0 Å². The van der Waals surface area contributed by atoms with Crippen molar-refractivity contribution in [3.8, 4) is 0 Å². The number of rotatable bonds is 11. The van der Waals surface area contributed by atoms with E-state index in [-0.39, 0.29) is 11.2 Å². The summed E-state index contributed by atoms with van der Waals surface area (Å²) in [6.45, 7) is 2.28. The Labute approximate surface area is 177 Å². The molecular weight excluding hydrogens is 352 g/mol. The first-order chi connectivity index (χ1) is 14.3. The molecule has 0 N–H and O–H groups in total. The molecule has 1 fully saturated rings. The third kappa shape index (κ3) is 5.81. The lowest BCUT2D eigenvalue weighted by molar-refractivity contribution is 0.103. The maximum absolute atomic E-state index is 13.3. The van der Waals surface area contributed by atoms with E-state index in [0.29, 0.717) is 0 Å². The van der Waals surface area contributed by atoms with Crippen LogP contribution in [0.5, 0.6) is 0 Å². The summed E-state index contributed by atoms with van der Waals surface area (Å²) in [6.07, 6.45) is 17.1. The molecule has 1 saturated carbocycles. The van der Waals surface area contributed by atoms with Crippen molar-refractivity contribution in [3.63, 3.8) is 0 Å². The molecule has 0 spiro atoms. The van der Waals surface area contributed by atoms with Crippen LogP contribution in [0.3, 0.4) is 0 Å². The Balaban J connectivity index is 1.76. The third-order valence-electron chi connectivity index (χ3n) is 6.85. The summed E-state index contributed by atoms with van der Waals surface area (Å²) >= 11 is 0. The summed E-state index contributed by atoms with van der Waals surface area (Å²) in [5.41, 5.74) is 3.26. The van der Waals surface area contributed by atoms with Crippen LogP contribution in [0.1, 0.15) is 112 Å². The molecule has 1 aliphatic rings. The highest BCUT2D eigenvalue weighted by atomic mass is 16.1. The van der Waals surface area contributed by atoms with E-state index < -0.39 is 0 Å². The van der Waals surface area contributed by atoms with Gasteiger partial charge in [0.2, 0.25) is 0 Å². The molecular formula is C28H38O. The van der Waals surface area contributed by atoms with E-state index in [4.69, 9.17) is 0 Å². The van der Waals surface area contributed by atoms with Crippen molar-refractivity contribution in [2.75, 3.05) is 0 Å². The Hall–Kier alpha value is -1.89. The zero-order valence-electron chi connectivity index (χ0n) is 18.3. The summed E-state index contributed by atoms with van der Waals surface area (Å²) in [4.78, 5) is 13.3. The largest absolute Gasteiger partial charge is 0.289 e. The molecule has 2 aromatic rings. The van der Waals surface area contributed by atoms with Gasteiger partial charge in [0.1, 0.15) is 0 Å². The van der Waals surface area contributed by atoms with Gasteiger partial charge in [-0.25, -0.2) is 0 Å². The molecule has 0 radical (unpaired) electrons.